The van der Waals surface area contributed by atoms with E-state index in [4.69, 9.17) is 9.15 Å². The summed E-state index contributed by atoms with van der Waals surface area (Å²) in [5.74, 6) is 3.30. The Morgan fingerprint density at radius 2 is 2.17 bits per heavy atom. The van der Waals surface area contributed by atoms with Gasteiger partial charge in [0.2, 0.25) is 0 Å². The second-order valence-corrected chi connectivity index (χ2v) is 6.89. The van der Waals surface area contributed by atoms with E-state index in [0.29, 0.717) is 6.61 Å². The molecule has 0 aliphatic rings. The van der Waals surface area contributed by atoms with Crippen molar-refractivity contribution in [2.45, 2.75) is 12.1 Å². The fourth-order valence-corrected chi connectivity index (χ4v) is 3.25. The zero-order valence-corrected chi connectivity index (χ0v) is 15.2. The van der Waals surface area contributed by atoms with Crippen LogP contribution in [-0.4, -0.2) is 27.1 Å². The smallest absolute Gasteiger partial charge is 0.191 e. The van der Waals surface area contributed by atoms with Crippen LogP contribution in [0.1, 0.15) is 5.76 Å². The molecule has 0 fully saturated rings. The lowest BCUT2D eigenvalue weighted by Gasteiger charge is -2.06. The normalized spacial score (nSPS) is 10.9. The summed E-state index contributed by atoms with van der Waals surface area (Å²) in [5, 5.41) is 9.35. The Balaban J connectivity index is 1.57. The predicted octanol–water partition coefficient (Wildman–Crippen LogP) is 4.32. The maximum atomic E-state index is 5.72. The first-order valence-electron chi connectivity index (χ1n) is 7.10. The van der Waals surface area contributed by atoms with Crippen molar-refractivity contribution < 1.29 is 9.15 Å². The molecule has 0 N–H and O–H groups in total. The lowest BCUT2D eigenvalue weighted by Crippen LogP contribution is -2.02. The lowest BCUT2D eigenvalue weighted by atomic mass is 10.2. The van der Waals surface area contributed by atoms with Crippen LogP contribution in [0.2, 0.25) is 0 Å². The van der Waals surface area contributed by atoms with Crippen molar-refractivity contribution in [1.82, 2.24) is 14.8 Å². The highest BCUT2D eigenvalue weighted by molar-refractivity contribution is 9.10. The largest absolute Gasteiger partial charge is 0.493 e. The van der Waals surface area contributed by atoms with Gasteiger partial charge in [0.25, 0.3) is 0 Å². The minimum absolute atomic E-state index is 0.605. The molecule has 0 spiro atoms. The summed E-state index contributed by atoms with van der Waals surface area (Å²) in [6, 6.07) is 9.73. The SMILES string of the molecule is Cc1occc1-c1nnc(SCCOc2cccc(Br)c2)n1C. The molecule has 23 heavy (non-hydrogen) atoms. The quantitative estimate of drug-likeness (QED) is 0.461. The highest BCUT2D eigenvalue weighted by atomic mass is 79.9. The number of hydrogen-bond donors (Lipinski definition) is 0. The minimum Gasteiger partial charge on any atom is -0.493 e. The van der Waals surface area contributed by atoms with E-state index in [1.54, 1.807) is 18.0 Å². The van der Waals surface area contributed by atoms with Crippen LogP contribution in [0.25, 0.3) is 11.4 Å². The molecule has 0 saturated carbocycles. The first-order chi connectivity index (χ1) is 11.1. The maximum absolute atomic E-state index is 5.72. The Bertz CT molecular complexity index is 800. The number of thioether (sulfide) groups is 1. The van der Waals surface area contributed by atoms with Gasteiger partial charge >= 0.3 is 0 Å². The van der Waals surface area contributed by atoms with E-state index in [2.05, 4.69) is 26.1 Å². The highest BCUT2D eigenvalue weighted by Gasteiger charge is 2.14. The summed E-state index contributed by atoms with van der Waals surface area (Å²) >= 11 is 5.05. The van der Waals surface area contributed by atoms with Gasteiger partial charge < -0.3 is 13.7 Å². The number of ether oxygens (including phenoxy) is 1. The summed E-state index contributed by atoms with van der Waals surface area (Å²) < 4.78 is 14.0. The molecule has 2 heterocycles. The van der Waals surface area contributed by atoms with Gasteiger partial charge in [-0.05, 0) is 31.2 Å². The van der Waals surface area contributed by atoms with E-state index in [1.165, 1.54) is 0 Å². The highest BCUT2D eigenvalue weighted by Crippen LogP contribution is 2.26. The summed E-state index contributed by atoms with van der Waals surface area (Å²) in [4.78, 5) is 0. The molecule has 0 atom stereocenters. The summed E-state index contributed by atoms with van der Waals surface area (Å²) in [6.07, 6.45) is 1.66. The molecule has 0 aliphatic heterocycles. The molecule has 3 rings (SSSR count). The molecule has 3 aromatic rings. The number of nitrogens with zero attached hydrogens (tertiary/aromatic N) is 3. The van der Waals surface area contributed by atoms with Gasteiger partial charge in [0.1, 0.15) is 11.5 Å². The monoisotopic (exact) mass is 393 g/mol. The van der Waals surface area contributed by atoms with Crippen molar-refractivity contribution in [3.63, 3.8) is 0 Å². The minimum atomic E-state index is 0.605. The van der Waals surface area contributed by atoms with E-state index in [0.717, 1.165) is 38.3 Å². The van der Waals surface area contributed by atoms with Crippen molar-refractivity contribution in [3.8, 4) is 17.1 Å². The topological polar surface area (TPSA) is 53.1 Å². The molecule has 0 radical (unpaired) electrons. The Hall–Kier alpha value is -1.73. The van der Waals surface area contributed by atoms with Crippen LogP contribution in [0, 0.1) is 6.92 Å². The van der Waals surface area contributed by atoms with E-state index in [-0.39, 0.29) is 0 Å². The Kier molecular flexibility index (Phi) is 5.07. The third-order valence-electron chi connectivity index (χ3n) is 3.31. The fraction of sp³-hybridized carbons (Fsp3) is 0.250. The van der Waals surface area contributed by atoms with Gasteiger partial charge in [0.15, 0.2) is 11.0 Å². The molecular weight excluding hydrogens is 378 g/mol. The molecule has 0 saturated heterocycles. The van der Waals surface area contributed by atoms with Crippen molar-refractivity contribution in [1.29, 1.82) is 0 Å². The van der Waals surface area contributed by atoms with Crippen LogP contribution in [0.5, 0.6) is 5.75 Å². The number of rotatable bonds is 6. The predicted molar refractivity (Wildman–Crippen MR) is 93.8 cm³/mol. The summed E-state index contributed by atoms with van der Waals surface area (Å²) in [6.45, 7) is 2.52. The number of halogens is 1. The van der Waals surface area contributed by atoms with Crippen molar-refractivity contribution >= 4 is 27.7 Å². The average molecular weight is 394 g/mol. The van der Waals surface area contributed by atoms with Crippen LogP contribution < -0.4 is 4.74 Å². The number of hydrogen-bond acceptors (Lipinski definition) is 5. The number of furan rings is 1. The maximum Gasteiger partial charge on any atom is 0.191 e. The van der Waals surface area contributed by atoms with Crippen LogP contribution in [0.4, 0.5) is 0 Å². The molecule has 120 valence electrons. The van der Waals surface area contributed by atoms with E-state index >= 15 is 0 Å². The number of aryl methyl sites for hydroxylation is 1. The molecule has 0 amide bonds. The van der Waals surface area contributed by atoms with E-state index in [9.17, 15) is 0 Å². The Labute approximate surface area is 147 Å². The Morgan fingerprint density at radius 1 is 1.30 bits per heavy atom. The van der Waals surface area contributed by atoms with Crippen molar-refractivity contribution in [2.24, 2.45) is 7.05 Å². The Morgan fingerprint density at radius 3 is 2.91 bits per heavy atom. The van der Waals surface area contributed by atoms with Crippen LogP contribution >= 0.6 is 27.7 Å². The van der Waals surface area contributed by atoms with Crippen LogP contribution in [0.3, 0.4) is 0 Å². The van der Waals surface area contributed by atoms with Crippen molar-refractivity contribution in [3.05, 3.63) is 46.8 Å². The molecule has 0 bridgehead atoms. The molecule has 1 aromatic carbocycles. The van der Waals surface area contributed by atoms with Crippen molar-refractivity contribution in [2.75, 3.05) is 12.4 Å². The third kappa shape index (κ3) is 3.79. The standard InChI is InChI=1S/C16H16BrN3O2S/c1-11-14(6-7-21-11)15-18-19-16(20(15)2)23-9-8-22-13-5-3-4-12(17)10-13/h3-7,10H,8-9H2,1-2H3. The summed E-state index contributed by atoms with van der Waals surface area (Å²) in [5.41, 5.74) is 0.970. The first-order valence-corrected chi connectivity index (χ1v) is 8.88. The molecule has 0 aliphatic carbocycles. The zero-order valence-electron chi connectivity index (χ0n) is 12.8. The van der Waals surface area contributed by atoms with E-state index in [1.807, 2.05) is 48.9 Å². The van der Waals surface area contributed by atoms with Gasteiger partial charge in [-0.25, -0.2) is 0 Å². The van der Waals surface area contributed by atoms with Crippen LogP contribution in [-0.2, 0) is 7.05 Å². The molecular formula is C16H16BrN3O2S. The van der Waals surface area contributed by atoms with E-state index < -0.39 is 0 Å². The van der Waals surface area contributed by atoms with Crippen LogP contribution in [0.15, 0.2) is 50.6 Å². The first kappa shape index (κ1) is 16.1. The lowest BCUT2D eigenvalue weighted by molar-refractivity contribution is 0.343. The molecule has 0 unspecified atom stereocenters. The second kappa shape index (κ2) is 7.23. The molecule has 2 aromatic heterocycles. The van der Waals surface area contributed by atoms with Gasteiger partial charge in [-0.1, -0.05) is 33.8 Å². The van der Waals surface area contributed by atoms with Gasteiger partial charge in [0, 0.05) is 17.3 Å². The van der Waals surface area contributed by atoms with Gasteiger partial charge in [0.05, 0.1) is 18.4 Å². The third-order valence-corrected chi connectivity index (χ3v) is 4.79. The number of benzene rings is 1. The van der Waals surface area contributed by atoms with Gasteiger partial charge in [-0.2, -0.15) is 0 Å². The second-order valence-electron chi connectivity index (χ2n) is 4.91. The molecule has 7 heteroatoms. The van der Waals surface area contributed by atoms with Gasteiger partial charge in [-0.3, -0.25) is 0 Å². The average Bonchev–Trinajstić information content (AvgIpc) is 3.10. The zero-order chi connectivity index (χ0) is 16.2. The fourth-order valence-electron chi connectivity index (χ4n) is 2.14. The summed E-state index contributed by atoms with van der Waals surface area (Å²) in [7, 11) is 1.96. The molecule has 5 nitrogen and oxygen atoms in total. The number of aromatic nitrogens is 3. The van der Waals surface area contributed by atoms with Gasteiger partial charge in [-0.15, -0.1) is 10.2 Å².